The molecule has 1 aliphatic heterocycles. The van der Waals surface area contributed by atoms with Crippen molar-refractivity contribution in [2.24, 2.45) is 0 Å². The summed E-state index contributed by atoms with van der Waals surface area (Å²) in [5.41, 5.74) is 0.923. The van der Waals surface area contributed by atoms with Crippen LogP contribution in [0.1, 0.15) is 29.5 Å². The Balaban J connectivity index is 1.25. The summed E-state index contributed by atoms with van der Waals surface area (Å²) in [6, 6.07) is 13.5. The van der Waals surface area contributed by atoms with E-state index in [-0.39, 0.29) is 5.82 Å². The van der Waals surface area contributed by atoms with E-state index >= 15 is 0 Å². The molecule has 1 saturated heterocycles. The third-order valence-corrected chi connectivity index (χ3v) is 6.94. The Hall–Kier alpha value is -2.58. The van der Waals surface area contributed by atoms with Crippen molar-refractivity contribution in [1.29, 1.82) is 0 Å². The maximum absolute atomic E-state index is 13.0. The van der Waals surface area contributed by atoms with Gasteiger partial charge in [-0.05, 0) is 67.6 Å². The average molecular weight is 459 g/mol. The van der Waals surface area contributed by atoms with Gasteiger partial charge in [0.2, 0.25) is 0 Å². The minimum atomic E-state index is -0.397. The van der Waals surface area contributed by atoms with Crippen LogP contribution < -0.4 is 9.47 Å². The number of aromatic nitrogens is 1. The highest BCUT2D eigenvalue weighted by atomic mass is 32.2. The van der Waals surface area contributed by atoms with Crippen LogP contribution in [0, 0.1) is 5.82 Å². The maximum atomic E-state index is 13.0. The Bertz CT molecular complexity index is 1000. The summed E-state index contributed by atoms with van der Waals surface area (Å²) in [6.45, 7) is 1.66. The monoisotopic (exact) mass is 458 g/mol. The van der Waals surface area contributed by atoms with Crippen LogP contribution in [0.3, 0.4) is 0 Å². The number of nitrogens with zero attached hydrogens (tertiary/aromatic N) is 2. The quantitative estimate of drug-likeness (QED) is 0.427. The lowest BCUT2D eigenvalue weighted by molar-refractivity contribution is 0.138. The molecule has 31 heavy (non-hydrogen) atoms. The van der Waals surface area contributed by atoms with Crippen molar-refractivity contribution in [2.45, 2.75) is 30.3 Å². The number of hydrogen-bond acceptors (Lipinski definition) is 6. The molecule has 2 heterocycles. The Morgan fingerprint density at radius 1 is 1.13 bits per heavy atom. The molecule has 0 radical (unpaired) electrons. The first-order chi connectivity index (χ1) is 15.1. The van der Waals surface area contributed by atoms with Crippen molar-refractivity contribution in [3.8, 4) is 11.5 Å². The summed E-state index contributed by atoms with van der Waals surface area (Å²) in [6.07, 6.45) is 3.32. The molecule has 0 N–H and O–H groups in total. The van der Waals surface area contributed by atoms with Gasteiger partial charge in [-0.15, -0.1) is 23.1 Å². The molecule has 2 aromatic carbocycles. The number of thiazole rings is 1. The molecule has 0 spiro atoms. The smallest absolute Gasteiger partial charge is 0.415 e. The van der Waals surface area contributed by atoms with E-state index in [1.165, 1.54) is 29.2 Å². The minimum absolute atomic E-state index is 0.328. The van der Waals surface area contributed by atoms with Crippen LogP contribution >= 0.6 is 23.1 Å². The number of likely N-dealkylation sites (tertiary alicyclic amines) is 1. The van der Waals surface area contributed by atoms with Crippen LogP contribution in [-0.4, -0.2) is 35.3 Å². The molecule has 0 atom stereocenters. The zero-order valence-electron chi connectivity index (χ0n) is 17.1. The number of rotatable bonds is 6. The summed E-state index contributed by atoms with van der Waals surface area (Å²) in [5.74, 6) is 1.15. The SMILES string of the molecule is CSc1ccc(OCc2csc(C3CCN(C(=O)Oc4ccc(F)cc4)CC3)n2)cc1. The average Bonchev–Trinajstić information content (AvgIpc) is 3.29. The zero-order valence-corrected chi connectivity index (χ0v) is 18.8. The van der Waals surface area contributed by atoms with Gasteiger partial charge in [0.25, 0.3) is 0 Å². The van der Waals surface area contributed by atoms with E-state index in [0.29, 0.717) is 31.4 Å². The van der Waals surface area contributed by atoms with Gasteiger partial charge < -0.3 is 14.4 Å². The maximum Gasteiger partial charge on any atom is 0.415 e. The molecule has 0 aliphatic carbocycles. The van der Waals surface area contributed by atoms with E-state index in [1.54, 1.807) is 28.0 Å². The summed E-state index contributed by atoms with van der Waals surface area (Å²) in [5, 5.41) is 3.13. The first-order valence-electron chi connectivity index (χ1n) is 10.0. The lowest BCUT2D eigenvalue weighted by Crippen LogP contribution is -2.39. The number of piperidine rings is 1. The van der Waals surface area contributed by atoms with Gasteiger partial charge in [0, 0.05) is 29.3 Å². The highest BCUT2D eigenvalue weighted by molar-refractivity contribution is 7.98. The first-order valence-corrected chi connectivity index (χ1v) is 12.1. The number of ether oxygens (including phenoxy) is 2. The Kier molecular flexibility index (Phi) is 7.09. The van der Waals surface area contributed by atoms with Gasteiger partial charge in [-0.25, -0.2) is 14.2 Å². The molecular formula is C23H23FN2O3S2. The molecule has 1 aromatic heterocycles. The van der Waals surface area contributed by atoms with Gasteiger partial charge in [-0.2, -0.15) is 0 Å². The standard InChI is InChI=1S/C23H23FN2O3S2/c1-30-21-8-6-19(7-9-21)28-14-18-15-31-22(25-18)16-10-12-26(13-11-16)23(27)29-20-4-2-17(24)3-5-20/h2-9,15-16H,10-14H2,1H3. The number of carbonyl (C=O) groups excluding carboxylic acids is 1. The van der Waals surface area contributed by atoms with Gasteiger partial charge >= 0.3 is 6.09 Å². The summed E-state index contributed by atoms with van der Waals surface area (Å²) in [4.78, 5) is 20.0. The van der Waals surface area contributed by atoms with Crippen LogP contribution in [0.5, 0.6) is 11.5 Å². The summed E-state index contributed by atoms with van der Waals surface area (Å²) in [7, 11) is 0. The normalized spacial score (nSPS) is 14.5. The molecule has 0 bridgehead atoms. The third kappa shape index (κ3) is 5.77. The van der Waals surface area contributed by atoms with Crippen molar-refractivity contribution in [2.75, 3.05) is 19.3 Å². The number of amides is 1. The van der Waals surface area contributed by atoms with Crippen molar-refractivity contribution >= 4 is 29.2 Å². The second-order valence-corrected chi connectivity index (χ2v) is 8.99. The number of benzene rings is 2. The van der Waals surface area contributed by atoms with Gasteiger partial charge in [0.05, 0.1) is 10.7 Å². The zero-order chi connectivity index (χ0) is 21.6. The number of thioether (sulfide) groups is 1. The number of hydrogen-bond donors (Lipinski definition) is 0. The summed E-state index contributed by atoms with van der Waals surface area (Å²) >= 11 is 3.35. The van der Waals surface area contributed by atoms with E-state index in [4.69, 9.17) is 14.5 Å². The second-order valence-electron chi connectivity index (χ2n) is 7.22. The number of carbonyl (C=O) groups is 1. The molecule has 1 amide bonds. The van der Waals surface area contributed by atoms with E-state index < -0.39 is 6.09 Å². The Morgan fingerprint density at radius 3 is 2.48 bits per heavy atom. The van der Waals surface area contributed by atoms with Crippen molar-refractivity contribution < 1.29 is 18.7 Å². The Labute approximate surface area is 189 Å². The van der Waals surface area contributed by atoms with Crippen molar-refractivity contribution in [3.63, 3.8) is 0 Å². The topological polar surface area (TPSA) is 51.7 Å². The predicted molar refractivity (Wildman–Crippen MR) is 121 cm³/mol. The molecule has 1 aliphatic rings. The van der Waals surface area contributed by atoms with Crippen molar-refractivity contribution in [3.05, 3.63) is 70.4 Å². The molecule has 5 nitrogen and oxygen atoms in total. The highest BCUT2D eigenvalue weighted by Gasteiger charge is 2.26. The van der Waals surface area contributed by atoms with Crippen LogP contribution in [0.25, 0.3) is 0 Å². The lowest BCUT2D eigenvalue weighted by Gasteiger charge is -2.30. The third-order valence-electron chi connectivity index (χ3n) is 5.14. The molecule has 8 heteroatoms. The van der Waals surface area contributed by atoms with Gasteiger partial charge in [-0.1, -0.05) is 0 Å². The van der Waals surface area contributed by atoms with Crippen LogP contribution in [-0.2, 0) is 6.61 Å². The molecule has 0 saturated carbocycles. The van der Waals surface area contributed by atoms with Gasteiger partial charge in [0.1, 0.15) is 23.9 Å². The molecular weight excluding hydrogens is 435 g/mol. The molecule has 1 fully saturated rings. The fraction of sp³-hybridized carbons (Fsp3) is 0.304. The van der Waals surface area contributed by atoms with Gasteiger partial charge in [-0.3, -0.25) is 0 Å². The summed E-state index contributed by atoms with van der Waals surface area (Å²) < 4.78 is 24.2. The highest BCUT2D eigenvalue weighted by Crippen LogP contribution is 2.31. The van der Waals surface area contributed by atoms with Crippen LogP contribution in [0.4, 0.5) is 9.18 Å². The molecule has 162 valence electrons. The van der Waals surface area contributed by atoms with Crippen molar-refractivity contribution in [1.82, 2.24) is 9.88 Å². The van der Waals surface area contributed by atoms with E-state index in [0.717, 1.165) is 29.3 Å². The minimum Gasteiger partial charge on any atom is -0.487 e. The Morgan fingerprint density at radius 2 is 1.81 bits per heavy atom. The first kappa shape index (κ1) is 21.6. The predicted octanol–water partition coefficient (Wildman–Crippen LogP) is 5.96. The van der Waals surface area contributed by atoms with E-state index in [2.05, 4.69) is 0 Å². The number of halogens is 1. The van der Waals surface area contributed by atoms with Crippen LogP contribution in [0.15, 0.2) is 58.8 Å². The lowest BCUT2D eigenvalue weighted by atomic mass is 9.98. The molecule has 0 unspecified atom stereocenters. The second kappa shape index (κ2) is 10.2. The molecule has 4 rings (SSSR count). The van der Waals surface area contributed by atoms with Gasteiger partial charge in [0.15, 0.2) is 0 Å². The fourth-order valence-corrected chi connectivity index (χ4v) is 4.77. The van der Waals surface area contributed by atoms with E-state index in [1.807, 2.05) is 35.9 Å². The van der Waals surface area contributed by atoms with Crippen LogP contribution in [0.2, 0.25) is 0 Å². The largest absolute Gasteiger partial charge is 0.487 e. The van der Waals surface area contributed by atoms with E-state index in [9.17, 15) is 9.18 Å². The fourth-order valence-electron chi connectivity index (χ4n) is 3.38. The molecule has 3 aromatic rings.